The highest BCUT2D eigenvalue weighted by Crippen LogP contribution is 2.37. The minimum absolute atomic E-state index is 0.139. The highest BCUT2D eigenvalue weighted by molar-refractivity contribution is 6.02. The van der Waals surface area contributed by atoms with E-state index in [0.717, 1.165) is 5.56 Å². The van der Waals surface area contributed by atoms with E-state index in [1.165, 1.54) is 6.92 Å². The van der Waals surface area contributed by atoms with E-state index in [1.54, 1.807) is 18.7 Å². The van der Waals surface area contributed by atoms with Crippen LogP contribution < -0.4 is 0 Å². The summed E-state index contributed by atoms with van der Waals surface area (Å²) in [6, 6.07) is 9.55. The molecule has 0 aromatic heterocycles. The number of amides is 1. The molecule has 130 valence electrons. The Morgan fingerprint density at radius 2 is 1.88 bits per heavy atom. The Kier molecular flexibility index (Phi) is 5.75. The van der Waals surface area contributed by atoms with Crippen molar-refractivity contribution in [2.75, 3.05) is 13.2 Å². The van der Waals surface area contributed by atoms with E-state index in [2.05, 4.69) is 0 Å². The molecule has 24 heavy (non-hydrogen) atoms. The maximum atomic E-state index is 12.8. The lowest BCUT2D eigenvalue weighted by Gasteiger charge is -2.26. The molecule has 5 heteroatoms. The van der Waals surface area contributed by atoms with Gasteiger partial charge in [-0.05, 0) is 26.3 Å². The van der Waals surface area contributed by atoms with E-state index in [-0.39, 0.29) is 29.6 Å². The second-order valence-electron chi connectivity index (χ2n) is 6.37. The Hall–Kier alpha value is -2.17. The van der Waals surface area contributed by atoms with Crippen molar-refractivity contribution in [1.29, 1.82) is 0 Å². The molecule has 1 saturated heterocycles. The summed E-state index contributed by atoms with van der Waals surface area (Å²) in [5.74, 6) is -2.34. The number of ether oxygens (including phenoxy) is 1. The van der Waals surface area contributed by atoms with Crippen LogP contribution in [0.2, 0.25) is 0 Å². The predicted octanol–water partition coefficient (Wildman–Crippen LogP) is 2.61. The number of carbonyl (C=O) groups is 3. The monoisotopic (exact) mass is 331 g/mol. The normalized spacial score (nSPS) is 23.0. The average Bonchev–Trinajstić information content (AvgIpc) is 2.92. The van der Waals surface area contributed by atoms with Gasteiger partial charge in [-0.15, -0.1) is 0 Å². The summed E-state index contributed by atoms with van der Waals surface area (Å²) in [5.41, 5.74) is 1.01. The molecular formula is C19H25NO4. The number of carbonyl (C=O) groups excluding carboxylic acids is 3. The number of rotatable bonds is 6. The molecule has 5 nitrogen and oxygen atoms in total. The number of Topliss-reactive ketones (excluding diaryl/α,β-unsaturated/α-hetero) is 1. The smallest absolute Gasteiger partial charge is 0.309 e. The van der Waals surface area contributed by atoms with Crippen LogP contribution in [0.25, 0.3) is 0 Å². The Balaban J connectivity index is 2.26. The second-order valence-corrected chi connectivity index (χ2v) is 6.37. The van der Waals surface area contributed by atoms with Crippen molar-refractivity contribution in [3.63, 3.8) is 0 Å². The Labute approximate surface area is 143 Å². The SMILES string of the molecule is CCOC(=O)[C@@H](C)[C@@H]1CN([C@@H](C)c2ccccc2)C(=O)[C@H]1C(C)=O. The van der Waals surface area contributed by atoms with Crippen molar-refractivity contribution in [3.8, 4) is 0 Å². The molecule has 0 saturated carbocycles. The van der Waals surface area contributed by atoms with Crippen molar-refractivity contribution in [3.05, 3.63) is 35.9 Å². The van der Waals surface area contributed by atoms with Gasteiger partial charge in [-0.1, -0.05) is 37.3 Å². The van der Waals surface area contributed by atoms with E-state index in [1.807, 2.05) is 37.3 Å². The highest BCUT2D eigenvalue weighted by atomic mass is 16.5. The Morgan fingerprint density at radius 1 is 1.25 bits per heavy atom. The van der Waals surface area contributed by atoms with Gasteiger partial charge in [0.2, 0.25) is 5.91 Å². The number of esters is 1. The second kappa shape index (κ2) is 7.60. The quantitative estimate of drug-likeness (QED) is 0.594. The molecule has 0 unspecified atom stereocenters. The van der Waals surface area contributed by atoms with E-state index < -0.39 is 11.8 Å². The number of nitrogens with zero attached hydrogens (tertiary/aromatic N) is 1. The van der Waals surface area contributed by atoms with E-state index in [4.69, 9.17) is 4.74 Å². The number of hydrogen-bond donors (Lipinski definition) is 0. The van der Waals surface area contributed by atoms with Crippen LogP contribution in [0.5, 0.6) is 0 Å². The van der Waals surface area contributed by atoms with Crippen LogP contribution in [0.3, 0.4) is 0 Å². The lowest BCUT2D eigenvalue weighted by Crippen LogP contribution is -2.33. The first-order chi connectivity index (χ1) is 11.4. The predicted molar refractivity (Wildman–Crippen MR) is 90.0 cm³/mol. The van der Waals surface area contributed by atoms with Crippen molar-refractivity contribution < 1.29 is 19.1 Å². The highest BCUT2D eigenvalue weighted by Gasteiger charge is 2.48. The molecule has 0 radical (unpaired) electrons. The van der Waals surface area contributed by atoms with Gasteiger partial charge in [-0.3, -0.25) is 14.4 Å². The zero-order chi connectivity index (χ0) is 17.9. The molecule has 0 N–H and O–H groups in total. The van der Waals surface area contributed by atoms with Gasteiger partial charge in [0.1, 0.15) is 11.7 Å². The molecule has 0 bridgehead atoms. The molecule has 0 spiro atoms. The number of benzene rings is 1. The van der Waals surface area contributed by atoms with Crippen LogP contribution in [0.15, 0.2) is 30.3 Å². The minimum atomic E-state index is -0.768. The van der Waals surface area contributed by atoms with Crippen LogP contribution in [-0.2, 0) is 19.1 Å². The molecule has 0 aliphatic carbocycles. The number of likely N-dealkylation sites (tertiary alicyclic amines) is 1. The van der Waals surface area contributed by atoms with Gasteiger partial charge in [0, 0.05) is 12.5 Å². The molecule has 1 aromatic carbocycles. The first kappa shape index (κ1) is 18.2. The molecule has 1 aliphatic heterocycles. The summed E-state index contributed by atoms with van der Waals surface area (Å²) in [6.07, 6.45) is 0. The van der Waals surface area contributed by atoms with Gasteiger partial charge in [0.05, 0.1) is 18.6 Å². The van der Waals surface area contributed by atoms with Gasteiger partial charge < -0.3 is 9.64 Å². The van der Waals surface area contributed by atoms with Crippen LogP contribution in [-0.4, -0.2) is 35.7 Å². The molecular weight excluding hydrogens is 306 g/mol. The van der Waals surface area contributed by atoms with Crippen LogP contribution in [0.4, 0.5) is 0 Å². The maximum absolute atomic E-state index is 12.8. The Morgan fingerprint density at radius 3 is 2.42 bits per heavy atom. The first-order valence-electron chi connectivity index (χ1n) is 8.41. The summed E-state index contributed by atoms with van der Waals surface area (Å²) in [6.45, 7) is 7.53. The molecule has 1 aromatic rings. The lowest BCUT2D eigenvalue weighted by atomic mass is 9.82. The van der Waals surface area contributed by atoms with Crippen LogP contribution in [0.1, 0.15) is 39.3 Å². The maximum Gasteiger partial charge on any atom is 0.309 e. The molecule has 4 atom stereocenters. The number of ketones is 1. The minimum Gasteiger partial charge on any atom is -0.466 e. The molecule has 1 fully saturated rings. The molecule has 1 aliphatic rings. The third-order valence-corrected chi connectivity index (χ3v) is 4.87. The van der Waals surface area contributed by atoms with Crippen molar-refractivity contribution >= 4 is 17.7 Å². The zero-order valence-electron chi connectivity index (χ0n) is 14.7. The summed E-state index contributed by atoms with van der Waals surface area (Å²) in [7, 11) is 0. The van der Waals surface area contributed by atoms with E-state index in [9.17, 15) is 14.4 Å². The summed E-state index contributed by atoms with van der Waals surface area (Å²) in [5, 5.41) is 0. The van der Waals surface area contributed by atoms with Gasteiger partial charge >= 0.3 is 5.97 Å². The fourth-order valence-corrected chi connectivity index (χ4v) is 3.42. The average molecular weight is 331 g/mol. The first-order valence-corrected chi connectivity index (χ1v) is 8.41. The standard InChI is InChI=1S/C19H25NO4/c1-5-24-19(23)12(2)16-11-20(18(22)17(16)14(4)21)13(3)15-9-7-6-8-10-15/h6-10,12-13,16-17H,5,11H2,1-4H3/t12-,13-,16-,17-/m0/s1. The van der Waals surface area contributed by atoms with Crippen molar-refractivity contribution in [2.24, 2.45) is 17.8 Å². The van der Waals surface area contributed by atoms with Gasteiger partial charge in [0.25, 0.3) is 0 Å². The van der Waals surface area contributed by atoms with Crippen molar-refractivity contribution in [1.82, 2.24) is 4.90 Å². The molecule has 1 heterocycles. The summed E-state index contributed by atoms with van der Waals surface area (Å²) in [4.78, 5) is 38.7. The number of hydrogen-bond acceptors (Lipinski definition) is 4. The topological polar surface area (TPSA) is 63.7 Å². The van der Waals surface area contributed by atoms with Gasteiger partial charge in [-0.25, -0.2) is 0 Å². The van der Waals surface area contributed by atoms with Gasteiger partial charge in [-0.2, -0.15) is 0 Å². The van der Waals surface area contributed by atoms with Crippen molar-refractivity contribution in [2.45, 2.75) is 33.7 Å². The summed E-state index contributed by atoms with van der Waals surface area (Å²) < 4.78 is 5.08. The lowest BCUT2D eigenvalue weighted by molar-refractivity contribution is -0.150. The third kappa shape index (κ3) is 3.50. The van der Waals surface area contributed by atoms with Crippen LogP contribution in [0, 0.1) is 17.8 Å². The fraction of sp³-hybridized carbons (Fsp3) is 0.526. The van der Waals surface area contributed by atoms with E-state index in [0.29, 0.717) is 13.2 Å². The summed E-state index contributed by atoms with van der Waals surface area (Å²) >= 11 is 0. The zero-order valence-corrected chi connectivity index (χ0v) is 14.7. The largest absolute Gasteiger partial charge is 0.466 e. The molecule has 2 rings (SSSR count). The van der Waals surface area contributed by atoms with E-state index >= 15 is 0 Å². The third-order valence-electron chi connectivity index (χ3n) is 4.87. The van der Waals surface area contributed by atoms with Crippen LogP contribution >= 0.6 is 0 Å². The fourth-order valence-electron chi connectivity index (χ4n) is 3.42. The Bertz CT molecular complexity index is 613. The molecule has 1 amide bonds. The van der Waals surface area contributed by atoms with Gasteiger partial charge in [0.15, 0.2) is 0 Å².